The number of hydrogen-bond donors (Lipinski definition) is 2. The predicted molar refractivity (Wildman–Crippen MR) is 63.0 cm³/mol. The molecule has 3 heteroatoms. The molecular formula is C11H17NOS. The van der Waals surface area contributed by atoms with Crippen LogP contribution in [0, 0.1) is 0 Å². The topological polar surface area (TPSA) is 35.2 Å². The number of benzene rings is 1. The Hall–Kier alpha value is -0.670. The first-order valence-corrected chi connectivity index (χ1v) is 5.50. The highest BCUT2D eigenvalue weighted by Gasteiger charge is 2.04. The Bertz CT molecular complexity index is 260. The maximum atomic E-state index is 5.94. The molecule has 0 aliphatic rings. The summed E-state index contributed by atoms with van der Waals surface area (Å²) in [6, 6.07) is 8.02. The van der Waals surface area contributed by atoms with E-state index in [0.717, 1.165) is 23.5 Å². The van der Waals surface area contributed by atoms with E-state index in [9.17, 15) is 0 Å². The molecule has 78 valence electrons. The van der Waals surface area contributed by atoms with Crippen LogP contribution in [0.4, 0.5) is 0 Å². The van der Waals surface area contributed by atoms with Gasteiger partial charge in [-0.3, -0.25) is 0 Å². The van der Waals surface area contributed by atoms with Crippen molar-refractivity contribution in [1.82, 2.24) is 0 Å². The fourth-order valence-electron chi connectivity index (χ4n) is 1.28. The van der Waals surface area contributed by atoms with Gasteiger partial charge in [0.25, 0.3) is 0 Å². The molecule has 1 atom stereocenters. The van der Waals surface area contributed by atoms with Crippen molar-refractivity contribution in [2.24, 2.45) is 5.73 Å². The van der Waals surface area contributed by atoms with Gasteiger partial charge in [0.1, 0.15) is 5.75 Å². The fraction of sp³-hybridized carbons (Fsp3) is 0.455. The Morgan fingerprint density at radius 3 is 2.50 bits per heavy atom. The molecule has 14 heavy (non-hydrogen) atoms. The minimum absolute atomic E-state index is 0.0863. The molecule has 0 heterocycles. The van der Waals surface area contributed by atoms with Crippen LogP contribution in [0.5, 0.6) is 5.75 Å². The van der Waals surface area contributed by atoms with Crippen LogP contribution < -0.4 is 10.5 Å². The maximum absolute atomic E-state index is 5.94. The summed E-state index contributed by atoms with van der Waals surface area (Å²) >= 11 is 4.16. The lowest BCUT2D eigenvalue weighted by molar-refractivity contribution is 0.340. The van der Waals surface area contributed by atoms with Crippen molar-refractivity contribution in [3.05, 3.63) is 29.8 Å². The second-order valence-electron chi connectivity index (χ2n) is 3.12. The van der Waals surface area contributed by atoms with Gasteiger partial charge in [-0.15, -0.1) is 0 Å². The van der Waals surface area contributed by atoms with Gasteiger partial charge in [-0.1, -0.05) is 12.1 Å². The second-order valence-corrected chi connectivity index (χ2v) is 3.57. The SMILES string of the molecule is CCOc1ccc(C(N)CCS)cc1. The van der Waals surface area contributed by atoms with E-state index in [2.05, 4.69) is 12.6 Å². The van der Waals surface area contributed by atoms with E-state index in [1.807, 2.05) is 31.2 Å². The van der Waals surface area contributed by atoms with E-state index in [-0.39, 0.29) is 6.04 Å². The fourth-order valence-corrected chi connectivity index (χ4v) is 1.56. The smallest absolute Gasteiger partial charge is 0.119 e. The van der Waals surface area contributed by atoms with Gasteiger partial charge in [0.2, 0.25) is 0 Å². The van der Waals surface area contributed by atoms with Gasteiger partial charge >= 0.3 is 0 Å². The largest absolute Gasteiger partial charge is 0.494 e. The van der Waals surface area contributed by atoms with Crippen LogP contribution in [0.15, 0.2) is 24.3 Å². The molecule has 1 aromatic rings. The lowest BCUT2D eigenvalue weighted by atomic mass is 10.1. The summed E-state index contributed by atoms with van der Waals surface area (Å²) in [5.74, 6) is 1.71. The van der Waals surface area contributed by atoms with Gasteiger partial charge in [0, 0.05) is 6.04 Å². The van der Waals surface area contributed by atoms with Crippen molar-refractivity contribution in [2.45, 2.75) is 19.4 Å². The van der Waals surface area contributed by atoms with Crippen LogP contribution in [0.3, 0.4) is 0 Å². The Labute approximate surface area is 90.9 Å². The normalized spacial score (nSPS) is 12.5. The summed E-state index contributed by atoms with van der Waals surface area (Å²) in [6.45, 7) is 2.67. The van der Waals surface area contributed by atoms with Gasteiger partial charge in [-0.2, -0.15) is 12.6 Å². The molecule has 0 spiro atoms. The molecule has 1 aromatic carbocycles. The van der Waals surface area contributed by atoms with E-state index < -0.39 is 0 Å². The molecule has 0 bridgehead atoms. The Kier molecular flexibility index (Phi) is 4.84. The first-order valence-electron chi connectivity index (χ1n) is 4.87. The minimum atomic E-state index is 0.0863. The van der Waals surface area contributed by atoms with E-state index in [0.29, 0.717) is 6.61 Å². The highest BCUT2D eigenvalue weighted by Crippen LogP contribution is 2.18. The summed E-state index contributed by atoms with van der Waals surface area (Å²) < 4.78 is 5.34. The summed E-state index contributed by atoms with van der Waals surface area (Å²) in [6.07, 6.45) is 0.900. The molecule has 0 radical (unpaired) electrons. The van der Waals surface area contributed by atoms with Crippen molar-refractivity contribution in [3.63, 3.8) is 0 Å². The number of hydrogen-bond acceptors (Lipinski definition) is 3. The van der Waals surface area contributed by atoms with Crippen molar-refractivity contribution in [2.75, 3.05) is 12.4 Å². The molecule has 0 aliphatic heterocycles. The number of rotatable bonds is 5. The zero-order valence-electron chi connectivity index (χ0n) is 8.44. The maximum Gasteiger partial charge on any atom is 0.119 e. The summed E-state index contributed by atoms with van der Waals surface area (Å²) in [5, 5.41) is 0. The lowest BCUT2D eigenvalue weighted by Gasteiger charge is -2.11. The highest BCUT2D eigenvalue weighted by molar-refractivity contribution is 7.80. The number of ether oxygens (including phenoxy) is 1. The van der Waals surface area contributed by atoms with Crippen molar-refractivity contribution >= 4 is 12.6 Å². The van der Waals surface area contributed by atoms with Gasteiger partial charge in [-0.25, -0.2) is 0 Å². The molecule has 2 nitrogen and oxygen atoms in total. The van der Waals surface area contributed by atoms with Crippen LogP contribution >= 0.6 is 12.6 Å². The van der Waals surface area contributed by atoms with Crippen LogP contribution in [0.1, 0.15) is 24.9 Å². The summed E-state index contributed by atoms with van der Waals surface area (Å²) in [7, 11) is 0. The third-order valence-corrected chi connectivity index (χ3v) is 2.32. The number of nitrogens with two attached hydrogens (primary N) is 1. The molecule has 0 saturated carbocycles. The third-order valence-electron chi connectivity index (χ3n) is 2.06. The zero-order valence-corrected chi connectivity index (χ0v) is 9.34. The Balaban J connectivity index is 2.62. The molecule has 0 aliphatic carbocycles. The zero-order chi connectivity index (χ0) is 10.4. The van der Waals surface area contributed by atoms with E-state index >= 15 is 0 Å². The van der Waals surface area contributed by atoms with E-state index in [1.165, 1.54) is 0 Å². The molecule has 0 saturated heterocycles. The number of thiol groups is 1. The molecule has 0 amide bonds. The third kappa shape index (κ3) is 3.24. The van der Waals surface area contributed by atoms with Crippen molar-refractivity contribution in [3.8, 4) is 5.75 Å². The second kappa shape index (κ2) is 5.94. The summed E-state index contributed by atoms with van der Waals surface area (Å²) in [4.78, 5) is 0. The predicted octanol–water partition coefficient (Wildman–Crippen LogP) is 2.41. The van der Waals surface area contributed by atoms with Crippen LogP contribution in [-0.4, -0.2) is 12.4 Å². The van der Waals surface area contributed by atoms with Crippen LogP contribution in [0.2, 0.25) is 0 Å². The average Bonchev–Trinajstić information content (AvgIpc) is 2.20. The van der Waals surface area contributed by atoms with Crippen LogP contribution in [0.25, 0.3) is 0 Å². The molecular weight excluding hydrogens is 194 g/mol. The van der Waals surface area contributed by atoms with Crippen molar-refractivity contribution < 1.29 is 4.74 Å². The Morgan fingerprint density at radius 2 is 2.00 bits per heavy atom. The first kappa shape index (κ1) is 11.4. The lowest BCUT2D eigenvalue weighted by Crippen LogP contribution is -2.10. The molecule has 0 aromatic heterocycles. The van der Waals surface area contributed by atoms with Crippen molar-refractivity contribution in [1.29, 1.82) is 0 Å². The quantitative estimate of drug-likeness (QED) is 0.734. The highest BCUT2D eigenvalue weighted by atomic mass is 32.1. The standard InChI is InChI=1S/C11H17NOS/c1-2-13-10-5-3-9(4-6-10)11(12)7-8-14/h3-6,11,14H,2,7-8,12H2,1H3. The first-order chi connectivity index (χ1) is 6.77. The van der Waals surface area contributed by atoms with Gasteiger partial charge in [0.15, 0.2) is 0 Å². The summed E-state index contributed by atoms with van der Waals surface area (Å²) in [5.41, 5.74) is 7.08. The molecule has 2 N–H and O–H groups in total. The molecule has 0 fully saturated rings. The van der Waals surface area contributed by atoms with Gasteiger partial charge in [0.05, 0.1) is 6.61 Å². The monoisotopic (exact) mass is 211 g/mol. The molecule has 1 rings (SSSR count). The van der Waals surface area contributed by atoms with Crippen LogP contribution in [-0.2, 0) is 0 Å². The minimum Gasteiger partial charge on any atom is -0.494 e. The van der Waals surface area contributed by atoms with Gasteiger partial charge in [-0.05, 0) is 36.8 Å². The Morgan fingerprint density at radius 1 is 1.36 bits per heavy atom. The van der Waals surface area contributed by atoms with Gasteiger partial charge < -0.3 is 10.5 Å². The van der Waals surface area contributed by atoms with E-state index in [1.54, 1.807) is 0 Å². The average molecular weight is 211 g/mol. The molecule has 1 unspecified atom stereocenters. The van der Waals surface area contributed by atoms with E-state index in [4.69, 9.17) is 10.5 Å².